The molecule has 22 heavy (non-hydrogen) atoms. The van der Waals surface area contributed by atoms with Crippen LogP contribution in [0.1, 0.15) is 5.56 Å². The van der Waals surface area contributed by atoms with Crippen LogP contribution in [0.4, 0.5) is 0 Å². The Kier molecular flexibility index (Phi) is 6.13. The van der Waals surface area contributed by atoms with Crippen LogP contribution in [0, 0.1) is 0 Å². The van der Waals surface area contributed by atoms with Gasteiger partial charge in [0.25, 0.3) is 5.91 Å². The van der Waals surface area contributed by atoms with Crippen LogP contribution in [0.25, 0.3) is 0 Å². The van der Waals surface area contributed by atoms with Gasteiger partial charge in [0.15, 0.2) is 10.3 Å². The van der Waals surface area contributed by atoms with Crippen LogP contribution in [0.2, 0.25) is 0 Å². The molecule has 0 radical (unpaired) electrons. The normalized spacial score (nSPS) is 20.8. The third kappa shape index (κ3) is 3.86. The smallest absolute Gasteiger partial charge is 0.731 e. The van der Waals surface area contributed by atoms with Gasteiger partial charge < -0.3 is 14.6 Å². The first kappa shape index (κ1) is 19.1. The Bertz CT molecular complexity index is 665. The van der Waals surface area contributed by atoms with Gasteiger partial charge >= 0.3 is 29.6 Å². The predicted molar refractivity (Wildman–Crippen MR) is 69.4 cm³/mol. The number of methoxy groups -OCH3 is 1. The van der Waals surface area contributed by atoms with E-state index in [4.69, 9.17) is 4.74 Å². The van der Waals surface area contributed by atoms with Gasteiger partial charge in [-0.2, -0.15) is 0 Å². The fourth-order valence-corrected chi connectivity index (χ4v) is 2.67. The number of amides is 2. The van der Waals surface area contributed by atoms with Gasteiger partial charge in [0.1, 0.15) is 0 Å². The summed E-state index contributed by atoms with van der Waals surface area (Å²) in [4.78, 5) is 23.6. The summed E-state index contributed by atoms with van der Waals surface area (Å²) < 4.78 is 37.4. The summed E-state index contributed by atoms with van der Waals surface area (Å²) in [6, 6.07) is 8.78. The monoisotopic (exact) mass is 336 g/mol. The second-order valence-electron chi connectivity index (χ2n) is 4.51. The maximum absolute atomic E-state index is 11.9. The fraction of sp³-hybridized carbons (Fsp3) is 0.333. The van der Waals surface area contributed by atoms with E-state index in [-0.39, 0.29) is 40.3 Å². The van der Waals surface area contributed by atoms with Crippen molar-refractivity contribution in [3.8, 4) is 0 Å². The first-order chi connectivity index (χ1) is 9.78. The summed E-state index contributed by atoms with van der Waals surface area (Å²) in [6.07, 6.45) is 0.00333. The topological polar surface area (TPSA) is 116 Å². The minimum atomic E-state index is -4.89. The van der Waals surface area contributed by atoms with Gasteiger partial charge in [-0.15, -0.1) is 0 Å². The van der Waals surface area contributed by atoms with Crippen molar-refractivity contribution in [3.05, 3.63) is 35.9 Å². The van der Waals surface area contributed by atoms with Gasteiger partial charge in [-0.1, -0.05) is 30.3 Å². The number of β-lactam (4-membered cyclic amide) rings is 1. The molecule has 2 amide bonds. The van der Waals surface area contributed by atoms with Crippen LogP contribution >= 0.6 is 0 Å². The van der Waals surface area contributed by atoms with Gasteiger partial charge in [-0.05, 0) is 5.56 Å². The number of nitrogens with one attached hydrogen (secondary N) is 1. The predicted octanol–water partition coefficient (Wildman–Crippen LogP) is -4.01. The quantitative estimate of drug-likeness (QED) is 0.254. The molecular weight excluding hydrogens is 323 g/mol. The number of hydrogen-bond acceptors (Lipinski definition) is 6. The molecule has 10 heteroatoms. The third-order valence-electron chi connectivity index (χ3n) is 3.11. The number of carbonyl (C=O) groups is 2. The summed E-state index contributed by atoms with van der Waals surface area (Å²) >= 11 is 0. The van der Waals surface area contributed by atoms with Crippen LogP contribution in [-0.4, -0.2) is 48.5 Å². The molecule has 0 spiro atoms. The van der Waals surface area contributed by atoms with Crippen molar-refractivity contribution in [3.63, 3.8) is 0 Å². The Morgan fingerprint density at radius 2 is 2.00 bits per heavy atom. The Hall–Kier alpha value is -0.970. The van der Waals surface area contributed by atoms with E-state index in [1.54, 1.807) is 30.3 Å². The van der Waals surface area contributed by atoms with Crippen LogP contribution in [0.3, 0.4) is 0 Å². The summed E-state index contributed by atoms with van der Waals surface area (Å²) in [5.41, 5.74) is -1.06. The van der Waals surface area contributed by atoms with Gasteiger partial charge in [0.05, 0.1) is 13.0 Å². The molecule has 1 fully saturated rings. The molecule has 1 atom stereocenters. The second kappa shape index (κ2) is 7.07. The largest absolute Gasteiger partial charge is 1.00 e. The molecule has 1 aromatic rings. The molecule has 0 aromatic heterocycles. The third-order valence-corrected chi connectivity index (χ3v) is 3.94. The molecule has 1 heterocycles. The van der Waals surface area contributed by atoms with Crippen molar-refractivity contribution in [1.82, 2.24) is 9.62 Å². The van der Waals surface area contributed by atoms with E-state index >= 15 is 0 Å². The standard InChI is InChI=1S/C12H14N2O6S.Na/c1-20-12(8-14(11(12)16)21(17,18)19)13-10(15)7-9-5-3-2-4-6-9;/h2-6H,7-8H2,1H3,(H,13,15)(H,17,18,19);/q;+1/p-1. The number of ether oxygens (including phenoxy) is 1. The molecule has 8 nitrogen and oxygen atoms in total. The minimum Gasteiger partial charge on any atom is -0.731 e. The van der Waals surface area contributed by atoms with Crippen molar-refractivity contribution in [1.29, 1.82) is 0 Å². The first-order valence-corrected chi connectivity index (χ1v) is 7.33. The molecule has 0 bridgehead atoms. The van der Waals surface area contributed by atoms with Crippen LogP contribution in [0.15, 0.2) is 30.3 Å². The van der Waals surface area contributed by atoms with E-state index in [1.807, 2.05) is 0 Å². The van der Waals surface area contributed by atoms with Crippen LogP contribution < -0.4 is 34.9 Å². The van der Waals surface area contributed by atoms with E-state index < -0.39 is 34.4 Å². The van der Waals surface area contributed by atoms with Crippen molar-refractivity contribution >= 4 is 22.1 Å². The Labute approximate surface area is 150 Å². The number of benzene rings is 1. The molecule has 1 saturated heterocycles. The molecule has 2 rings (SSSR count). The number of rotatable bonds is 5. The van der Waals surface area contributed by atoms with E-state index in [2.05, 4.69) is 5.32 Å². The SMILES string of the molecule is COC1(NC(=O)Cc2ccccc2)CN(S(=O)(=O)[O-])C1=O.[Na+]. The molecule has 1 aromatic carbocycles. The molecule has 1 unspecified atom stereocenters. The zero-order valence-corrected chi connectivity index (χ0v) is 14.9. The molecule has 1 aliphatic rings. The molecule has 0 saturated carbocycles. The number of nitrogens with zero attached hydrogens (tertiary/aromatic N) is 1. The van der Waals surface area contributed by atoms with E-state index in [0.717, 1.165) is 12.7 Å². The van der Waals surface area contributed by atoms with Crippen molar-refractivity contribution in [2.24, 2.45) is 0 Å². The van der Waals surface area contributed by atoms with Gasteiger partial charge in [0.2, 0.25) is 11.6 Å². The first-order valence-electron chi connectivity index (χ1n) is 5.96. The van der Waals surface area contributed by atoms with E-state index in [1.165, 1.54) is 0 Å². The van der Waals surface area contributed by atoms with Crippen molar-refractivity contribution < 1.29 is 56.9 Å². The summed E-state index contributed by atoms with van der Waals surface area (Å²) in [5, 5.41) is 2.32. The van der Waals surface area contributed by atoms with E-state index in [0.29, 0.717) is 0 Å². The summed E-state index contributed by atoms with van der Waals surface area (Å²) in [5.74, 6) is -1.61. The zero-order valence-electron chi connectivity index (χ0n) is 12.1. The summed E-state index contributed by atoms with van der Waals surface area (Å²) in [7, 11) is -3.74. The van der Waals surface area contributed by atoms with Gasteiger partial charge in [-0.3, -0.25) is 9.59 Å². The Morgan fingerprint density at radius 3 is 2.45 bits per heavy atom. The molecular formula is C12H13N2NaO6S. The fourth-order valence-electron chi connectivity index (χ4n) is 1.98. The molecule has 0 aliphatic carbocycles. The van der Waals surface area contributed by atoms with E-state index in [9.17, 15) is 22.6 Å². The zero-order chi connectivity index (χ0) is 15.7. The Morgan fingerprint density at radius 1 is 1.41 bits per heavy atom. The maximum atomic E-state index is 11.9. The minimum absolute atomic E-state index is 0. The molecule has 1 N–H and O–H groups in total. The molecule has 1 aliphatic heterocycles. The van der Waals surface area contributed by atoms with Crippen molar-refractivity contribution in [2.45, 2.75) is 12.1 Å². The van der Waals surface area contributed by atoms with Crippen LogP contribution in [-0.2, 0) is 31.1 Å². The number of hydrogen-bond donors (Lipinski definition) is 1. The average Bonchev–Trinajstić information content (AvgIpc) is 2.42. The average molecular weight is 336 g/mol. The number of carbonyl (C=O) groups excluding carboxylic acids is 2. The van der Waals surface area contributed by atoms with Crippen molar-refractivity contribution in [2.75, 3.05) is 13.7 Å². The summed E-state index contributed by atoms with van der Waals surface area (Å²) in [6.45, 7) is -0.533. The molecule has 114 valence electrons. The second-order valence-corrected chi connectivity index (χ2v) is 5.81. The van der Waals surface area contributed by atoms with Crippen LogP contribution in [0.5, 0.6) is 0 Å². The van der Waals surface area contributed by atoms with Gasteiger partial charge in [-0.25, -0.2) is 12.7 Å². The maximum Gasteiger partial charge on any atom is 1.00 e. The van der Waals surface area contributed by atoms with Gasteiger partial charge in [0, 0.05) is 7.11 Å². The Balaban J connectivity index is 0.00000242.